The van der Waals surface area contributed by atoms with Gasteiger partial charge in [0, 0.05) is 10.9 Å². The molecule has 0 aliphatic heterocycles. The third-order valence-electron chi connectivity index (χ3n) is 2.57. The van der Waals surface area contributed by atoms with Gasteiger partial charge < -0.3 is 15.5 Å². The van der Waals surface area contributed by atoms with E-state index in [0.717, 1.165) is 22.3 Å². The number of hydrogen-bond donors (Lipinski definition) is 2. The third-order valence-corrected chi connectivity index (χ3v) is 2.57. The number of carbonyl (C=O) groups excluding carboxylic acids is 1. The highest BCUT2D eigenvalue weighted by atomic mass is 16.3. The lowest BCUT2D eigenvalue weighted by Gasteiger charge is -2.00. The number of aryl methyl sites for hydroxylation is 1. The monoisotopic (exact) mass is 218 g/mol. The number of benzene rings is 1. The molecule has 0 aliphatic carbocycles. The first-order chi connectivity index (χ1) is 7.72. The van der Waals surface area contributed by atoms with Crippen molar-refractivity contribution in [1.82, 2.24) is 5.32 Å². The fraction of sp³-hybridized carbons (Fsp3) is 0.250. The molecule has 84 valence electrons. The Bertz CT molecular complexity index is 517. The van der Waals surface area contributed by atoms with Crippen LogP contribution in [0.5, 0.6) is 0 Å². The topological polar surface area (TPSA) is 68.3 Å². The van der Waals surface area contributed by atoms with Crippen molar-refractivity contribution in [2.45, 2.75) is 13.5 Å². The van der Waals surface area contributed by atoms with Crippen molar-refractivity contribution in [2.24, 2.45) is 5.73 Å². The van der Waals surface area contributed by atoms with Gasteiger partial charge >= 0.3 is 0 Å². The molecule has 0 unspecified atom stereocenters. The molecule has 0 bridgehead atoms. The largest absolute Gasteiger partial charge is 0.459 e. The zero-order valence-electron chi connectivity index (χ0n) is 9.12. The van der Waals surface area contributed by atoms with Crippen LogP contribution in [0, 0.1) is 6.92 Å². The first kappa shape index (κ1) is 10.7. The summed E-state index contributed by atoms with van der Waals surface area (Å²) in [7, 11) is 0. The van der Waals surface area contributed by atoms with Gasteiger partial charge in [-0.05, 0) is 13.0 Å². The number of rotatable bonds is 3. The molecule has 3 N–H and O–H groups in total. The number of nitrogens with one attached hydrogen (secondary N) is 1. The van der Waals surface area contributed by atoms with Crippen molar-refractivity contribution in [1.29, 1.82) is 0 Å². The molecule has 1 heterocycles. The second-order valence-corrected chi connectivity index (χ2v) is 3.63. The number of nitrogens with two attached hydrogens (primary N) is 1. The Balaban J connectivity index is 2.24. The lowest BCUT2D eigenvalue weighted by atomic mass is 10.1. The zero-order chi connectivity index (χ0) is 11.5. The van der Waals surface area contributed by atoms with Gasteiger partial charge in [-0.25, -0.2) is 0 Å². The minimum atomic E-state index is -0.181. The van der Waals surface area contributed by atoms with E-state index >= 15 is 0 Å². The quantitative estimate of drug-likeness (QED) is 0.816. The second kappa shape index (κ2) is 4.37. The normalized spacial score (nSPS) is 10.6. The summed E-state index contributed by atoms with van der Waals surface area (Å²) < 4.78 is 5.64. The van der Waals surface area contributed by atoms with Crippen molar-refractivity contribution in [3.05, 3.63) is 35.6 Å². The summed E-state index contributed by atoms with van der Waals surface area (Å²) in [6, 6.07) is 7.81. The summed E-state index contributed by atoms with van der Waals surface area (Å²) in [5.74, 6) is 0.600. The fourth-order valence-corrected chi connectivity index (χ4v) is 1.64. The summed E-state index contributed by atoms with van der Waals surface area (Å²) in [6.45, 7) is 2.37. The predicted octanol–water partition coefficient (Wildman–Crippen LogP) is 1.32. The Kier molecular flexibility index (Phi) is 2.92. The Hall–Kier alpha value is -1.81. The number of furan rings is 1. The molecule has 0 fully saturated rings. The van der Waals surface area contributed by atoms with Crippen LogP contribution in [-0.2, 0) is 11.3 Å². The SMILES string of the molecule is Cc1c(CNC(=O)CN)oc2ccccc12. The molecule has 1 aromatic carbocycles. The van der Waals surface area contributed by atoms with E-state index in [1.54, 1.807) is 0 Å². The van der Waals surface area contributed by atoms with Crippen LogP contribution >= 0.6 is 0 Å². The van der Waals surface area contributed by atoms with Gasteiger partial charge in [-0.1, -0.05) is 18.2 Å². The first-order valence-corrected chi connectivity index (χ1v) is 5.16. The first-order valence-electron chi connectivity index (χ1n) is 5.16. The van der Waals surface area contributed by atoms with Crippen LogP contribution in [0.2, 0.25) is 0 Å². The average Bonchev–Trinajstić information content (AvgIpc) is 2.64. The Morgan fingerprint density at radius 3 is 2.88 bits per heavy atom. The molecule has 4 nitrogen and oxygen atoms in total. The molecule has 1 amide bonds. The standard InChI is InChI=1S/C12H14N2O2/c1-8-9-4-2-3-5-10(9)16-11(8)7-14-12(15)6-13/h2-5H,6-7,13H2,1H3,(H,14,15). The van der Waals surface area contributed by atoms with Crippen LogP contribution in [0.15, 0.2) is 28.7 Å². The van der Waals surface area contributed by atoms with E-state index < -0.39 is 0 Å². The van der Waals surface area contributed by atoms with Crippen LogP contribution < -0.4 is 11.1 Å². The van der Waals surface area contributed by atoms with Crippen molar-refractivity contribution < 1.29 is 9.21 Å². The molecule has 1 aromatic heterocycles. The molecule has 2 aromatic rings. The predicted molar refractivity (Wildman–Crippen MR) is 61.9 cm³/mol. The van der Waals surface area contributed by atoms with E-state index in [1.807, 2.05) is 31.2 Å². The second-order valence-electron chi connectivity index (χ2n) is 3.63. The maximum Gasteiger partial charge on any atom is 0.234 e. The Morgan fingerprint density at radius 1 is 1.44 bits per heavy atom. The average molecular weight is 218 g/mol. The van der Waals surface area contributed by atoms with Gasteiger partial charge in [0.2, 0.25) is 5.91 Å². The van der Waals surface area contributed by atoms with E-state index in [-0.39, 0.29) is 12.5 Å². The molecular weight excluding hydrogens is 204 g/mol. The number of amides is 1. The molecule has 0 radical (unpaired) electrons. The highest BCUT2D eigenvalue weighted by Gasteiger charge is 2.09. The lowest BCUT2D eigenvalue weighted by Crippen LogP contribution is -2.29. The maximum absolute atomic E-state index is 11.0. The summed E-state index contributed by atoms with van der Waals surface area (Å²) in [4.78, 5) is 11.0. The lowest BCUT2D eigenvalue weighted by molar-refractivity contribution is -0.119. The van der Waals surface area contributed by atoms with Gasteiger partial charge in [0.15, 0.2) is 0 Å². The number of carbonyl (C=O) groups is 1. The Labute approximate surface area is 93.4 Å². The smallest absolute Gasteiger partial charge is 0.234 e. The van der Waals surface area contributed by atoms with Gasteiger partial charge in [0.1, 0.15) is 11.3 Å². The van der Waals surface area contributed by atoms with E-state index in [1.165, 1.54) is 0 Å². The van der Waals surface area contributed by atoms with E-state index in [0.29, 0.717) is 6.54 Å². The molecule has 0 atom stereocenters. The molecule has 0 saturated heterocycles. The van der Waals surface area contributed by atoms with Crippen LogP contribution in [0.4, 0.5) is 0 Å². The zero-order valence-corrected chi connectivity index (χ0v) is 9.12. The molecule has 0 aliphatic rings. The Morgan fingerprint density at radius 2 is 2.19 bits per heavy atom. The molecule has 0 spiro atoms. The van der Waals surface area contributed by atoms with Gasteiger partial charge in [-0.15, -0.1) is 0 Å². The van der Waals surface area contributed by atoms with Gasteiger partial charge in [0.05, 0.1) is 13.1 Å². The van der Waals surface area contributed by atoms with Crippen LogP contribution in [0.25, 0.3) is 11.0 Å². The van der Waals surface area contributed by atoms with Gasteiger partial charge in [-0.2, -0.15) is 0 Å². The molecule has 2 rings (SSSR count). The summed E-state index contributed by atoms with van der Waals surface area (Å²) in [5.41, 5.74) is 7.11. The minimum Gasteiger partial charge on any atom is -0.459 e. The summed E-state index contributed by atoms with van der Waals surface area (Å²) in [6.07, 6.45) is 0. The van der Waals surface area contributed by atoms with Crippen LogP contribution in [0.1, 0.15) is 11.3 Å². The number of para-hydroxylation sites is 1. The van der Waals surface area contributed by atoms with E-state index in [4.69, 9.17) is 10.2 Å². The van der Waals surface area contributed by atoms with Gasteiger partial charge in [-0.3, -0.25) is 4.79 Å². The van der Waals surface area contributed by atoms with Crippen molar-refractivity contribution in [2.75, 3.05) is 6.54 Å². The van der Waals surface area contributed by atoms with Gasteiger partial charge in [0.25, 0.3) is 0 Å². The van der Waals surface area contributed by atoms with Crippen molar-refractivity contribution in [3.63, 3.8) is 0 Å². The fourth-order valence-electron chi connectivity index (χ4n) is 1.64. The molecular formula is C12H14N2O2. The van der Waals surface area contributed by atoms with E-state index in [2.05, 4.69) is 5.32 Å². The summed E-state index contributed by atoms with van der Waals surface area (Å²) in [5, 5.41) is 3.78. The van der Waals surface area contributed by atoms with Crippen LogP contribution in [-0.4, -0.2) is 12.5 Å². The van der Waals surface area contributed by atoms with E-state index in [9.17, 15) is 4.79 Å². The minimum absolute atomic E-state index is 0.000718. The number of fused-ring (bicyclic) bond motifs is 1. The van der Waals surface area contributed by atoms with Crippen molar-refractivity contribution >= 4 is 16.9 Å². The molecule has 16 heavy (non-hydrogen) atoms. The number of hydrogen-bond acceptors (Lipinski definition) is 3. The van der Waals surface area contributed by atoms with Crippen molar-refractivity contribution in [3.8, 4) is 0 Å². The molecule has 4 heteroatoms. The van der Waals surface area contributed by atoms with Crippen LogP contribution in [0.3, 0.4) is 0 Å². The summed E-state index contributed by atoms with van der Waals surface area (Å²) >= 11 is 0. The third kappa shape index (κ3) is 1.92. The maximum atomic E-state index is 11.0. The highest BCUT2D eigenvalue weighted by molar-refractivity contribution is 5.82. The molecule has 0 saturated carbocycles. The highest BCUT2D eigenvalue weighted by Crippen LogP contribution is 2.24.